The van der Waals surface area contributed by atoms with Crippen LogP contribution >= 0.6 is 22.7 Å². The topological polar surface area (TPSA) is 0 Å². The molecule has 0 bridgehead atoms. The van der Waals surface area contributed by atoms with E-state index in [9.17, 15) is 0 Å². The largest absolute Gasteiger partial charge is 1.00 e. The molecule has 0 fully saturated rings. The Labute approximate surface area is 92.0 Å². The first-order valence-electron chi connectivity index (χ1n) is 2.21. The van der Waals surface area contributed by atoms with Gasteiger partial charge in [0.2, 0.25) is 0 Å². The molecule has 2 aromatic rings. The Balaban J connectivity index is 0.000000405. The summed E-state index contributed by atoms with van der Waals surface area (Å²) in [5.41, 5.74) is 0. The molecule has 0 amide bonds. The Morgan fingerprint density at radius 1 is 0.900 bits per heavy atom. The van der Waals surface area contributed by atoms with Crippen LogP contribution in [-0.2, 0) is 0 Å². The molecule has 0 aliphatic carbocycles. The average Bonchev–Trinajstić information content (AvgIpc) is 2.15. The van der Waals surface area contributed by atoms with Gasteiger partial charge in [0.25, 0.3) is 0 Å². The molecule has 40 valence electrons. The Morgan fingerprint density at radius 2 is 1.30 bits per heavy atom. The summed E-state index contributed by atoms with van der Waals surface area (Å²) in [4.78, 5) is 0. The van der Waals surface area contributed by atoms with E-state index < -0.39 is 0 Å². The average molecular weight is 152 g/mol. The molecule has 4 heteroatoms. The maximum Gasteiger partial charge on any atom is 1.00 e. The number of rotatable bonds is 0. The second-order valence-corrected chi connectivity index (χ2v) is 3.18. The van der Waals surface area contributed by atoms with Gasteiger partial charge in [-0.3, -0.25) is 9.40 Å². The second-order valence-electron chi connectivity index (χ2n) is 1.42. The van der Waals surface area contributed by atoms with Gasteiger partial charge in [-0.2, -0.15) is 0 Å². The molecule has 0 aromatic carbocycles. The van der Waals surface area contributed by atoms with Gasteiger partial charge in [0.1, 0.15) is 0 Å². The molecule has 0 saturated heterocycles. The maximum atomic E-state index is 3.11. The minimum atomic E-state index is 0. The van der Waals surface area contributed by atoms with Gasteiger partial charge in [0, 0.05) is 0 Å². The van der Waals surface area contributed by atoms with E-state index in [1.54, 1.807) is 22.7 Å². The number of fused-ring (bicyclic) bond motifs is 1. The van der Waals surface area contributed by atoms with Crippen molar-refractivity contribution in [2.45, 2.75) is 0 Å². The molecule has 0 radical (unpaired) electrons. The molecular weight excluding hydrogens is 150 g/mol. The van der Waals surface area contributed by atoms with Gasteiger partial charge in [0.05, 0.1) is 0 Å². The molecule has 2 heterocycles. The molecule has 0 N–H and O–H groups in total. The predicted octanol–water partition coefficient (Wildman–Crippen LogP) is -3.43. The normalized spacial score (nSPS) is 8.40. The molecule has 2 rings (SSSR count). The predicted molar refractivity (Wildman–Crippen MR) is 37.4 cm³/mol. The molecule has 0 aliphatic heterocycles. The summed E-state index contributed by atoms with van der Waals surface area (Å²) in [6, 6.07) is 6.21. The van der Waals surface area contributed by atoms with E-state index in [0.717, 1.165) is 0 Å². The summed E-state index contributed by atoms with van der Waals surface area (Å²) in [5.74, 6) is 0. The minimum Gasteiger partial charge on any atom is -0.324 e. The third kappa shape index (κ3) is 1.92. The van der Waals surface area contributed by atoms with E-state index in [1.807, 2.05) is 10.8 Å². The van der Waals surface area contributed by atoms with Crippen molar-refractivity contribution in [1.82, 2.24) is 0 Å². The van der Waals surface area contributed by atoms with Gasteiger partial charge in [0.15, 0.2) is 0 Å². The van der Waals surface area contributed by atoms with Crippen LogP contribution in [0.25, 0.3) is 9.40 Å². The maximum absolute atomic E-state index is 3.11. The van der Waals surface area contributed by atoms with E-state index in [4.69, 9.17) is 0 Å². The van der Waals surface area contributed by atoms with Crippen molar-refractivity contribution in [3.05, 3.63) is 22.9 Å². The molecule has 2 aromatic heterocycles. The van der Waals surface area contributed by atoms with Crippen molar-refractivity contribution >= 4 is 32.1 Å². The Morgan fingerprint density at radius 3 is 1.70 bits per heavy atom. The van der Waals surface area contributed by atoms with Crippen molar-refractivity contribution in [2.75, 3.05) is 0 Å². The van der Waals surface area contributed by atoms with E-state index in [-0.39, 0.29) is 37.7 Å². The first-order chi connectivity index (χ1) is 3.97. The second kappa shape index (κ2) is 4.68. The van der Waals surface area contributed by atoms with Crippen LogP contribution in [0.5, 0.6) is 0 Å². The summed E-state index contributed by atoms with van der Waals surface area (Å²) < 4.78 is 2.46. The molecule has 0 spiro atoms. The quantitative estimate of drug-likeness (QED) is 0.272. The summed E-state index contributed by atoms with van der Waals surface area (Å²) >= 11 is 3.39. The van der Waals surface area contributed by atoms with Crippen molar-refractivity contribution in [3.63, 3.8) is 0 Å². The van der Waals surface area contributed by atoms with Crippen molar-refractivity contribution in [2.24, 2.45) is 0 Å². The molecule has 0 unspecified atom stereocenters. The van der Waals surface area contributed by atoms with E-state index in [1.165, 1.54) is 9.40 Å². The summed E-state index contributed by atoms with van der Waals surface area (Å²) in [7, 11) is 0. The fourth-order valence-electron chi connectivity index (χ4n) is 0.590. The standard InChI is InChI=1S/C6H2S2.2Li/c1-3-7-6-2-4-8-5(1)6;;/h3-4H;;/q-2;2*+1. The summed E-state index contributed by atoms with van der Waals surface area (Å²) in [6.45, 7) is 0. The monoisotopic (exact) mass is 152 g/mol. The number of thiophene rings is 2. The first-order valence-corrected chi connectivity index (χ1v) is 3.97. The van der Waals surface area contributed by atoms with Crippen LogP contribution in [0, 0.1) is 12.1 Å². The van der Waals surface area contributed by atoms with Crippen LogP contribution in [0.15, 0.2) is 10.8 Å². The Bertz CT molecular complexity index is 235. The zero-order valence-electron chi connectivity index (χ0n) is 5.97. The third-order valence-electron chi connectivity index (χ3n) is 0.940. The van der Waals surface area contributed by atoms with Crippen molar-refractivity contribution in [1.29, 1.82) is 0 Å². The number of hydrogen-bond acceptors (Lipinski definition) is 2. The molecule has 0 atom stereocenters. The van der Waals surface area contributed by atoms with E-state index >= 15 is 0 Å². The fourth-order valence-corrected chi connectivity index (χ4v) is 2.20. The van der Waals surface area contributed by atoms with Crippen LogP contribution in [-0.4, -0.2) is 0 Å². The molecule has 0 nitrogen and oxygen atoms in total. The van der Waals surface area contributed by atoms with Crippen molar-refractivity contribution < 1.29 is 37.7 Å². The van der Waals surface area contributed by atoms with Crippen LogP contribution < -0.4 is 37.7 Å². The summed E-state index contributed by atoms with van der Waals surface area (Å²) in [6.07, 6.45) is 0. The first kappa shape index (κ1) is 10.9. The minimum absolute atomic E-state index is 0. The molecule has 0 saturated carbocycles. The third-order valence-corrected chi connectivity index (χ3v) is 2.66. The zero-order chi connectivity index (χ0) is 5.40. The van der Waals surface area contributed by atoms with E-state index in [0.29, 0.717) is 0 Å². The van der Waals surface area contributed by atoms with Gasteiger partial charge < -0.3 is 34.8 Å². The van der Waals surface area contributed by atoms with Crippen LogP contribution in [0.3, 0.4) is 0 Å². The van der Waals surface area contributed by atoms with Crippen LogP contribution in [0.4, 0.5) is 0 Å². The van der Waals surface area contributed by atoms with Crippen LogP contribution in [0.2, 0.25) is 0 Å². The van der Waals surface area contributed by atoms with Crippen LogP contribution in [0.1, 0.15) is 0 Å². The van der Waals surface area contributed by atoms with Gasteiger partial charge in [-0.1, -0.05) is 0 Å². The molecule has 10 heavy (non-hydrogen) atoms. The fraction of sp³-hybridized carbons (Fsp3) is 0. The van der Waals surface area contributed by atoms with Gasteiger partial charge in [-0.05, 0) is 0 Å². The molecular formula is C6H2Li2S2. The number of hydrogen-bond donors (Lipinski definition) is 0. The van der Waals surface area contributed by atoms with Crippen molar-refractivity contribution in [3.8, 4) is 0 Å². The van der Waals surface area contributed by atoms with Gasteiger partial charge in [-0.25, -0.2) is 0 Å². The SMILES string of the molecule is [Li+].[Li+].[c-]1csc2[c-]csc12. The Hall–Kier alpha value is 0.855. The van der Waals surface area contributed by atoms with Gasteiger partial charge in [-0.15, -0.1) is 10.8 Å². The smallest absolute Gasteiger partial charge is 0.324 e. The summed E-state index contributed by atoms with van der Waals surface area (Å²) in [5, 5.41) is 3.94. The Kier molecular flexibility index (Phi) is 5.08. The van der Waals surface area contributed by atoms with E-state index in [2.05, 4.69) is 12.1 Å². The zero-order valence-corrected chi connectivity index (χ0v) is 7.60. The molecule has 0 aliphatic rings. The van der Waals surface area contributed by atoms with Gasteiger partial charge >= 0.3 is 37.7 Å².